The summed E-state index contributed by atoms with van der Waals surface area (Å²) in [5.74, 6) is 0.0743. The zero-order valence-electron chi connectivity index (χ0n) is 6.14. The van der Waals surface area contributed by atoms with Crippen LogP contribution >= 0.6 is 0 Å². The first-order chi connectivity index (χ1) is 5.79. The molecule has 2 aromatic heterocycles. The van der Waals surface area contributed by atoms with Gasteiger partial charge in [0.1, 0.15) is 17.3 Å². The SMILES string of the molecule is [O-][n+]1ccc(O)c2cccnc21. The van der Waals surface area contributed by atoms with Crippen molar-refractivity contribution in [1.82, 2.24) is 4.98 Å². The van der Waals surface area contributed by atoms with E-state index in [-0.39, 0.29) is 11.4 Å². The molecular weight excluding hydrogens is 156 g/mol. The Balaban J connectivity index is 2.95. The van der Waals surface area contributed by atoms with E-state index in [1.54, 1.807) is 12.1 Å². The van der Waals surface area contributed by atoms with Gasteiger partial charge in [0.25, 0.3) is 0 Å². The Kier molecular flexibility index (Phi) is 1.33. The Hall–Kier alpha value is -1.84. The molecule has 4 nitrogen and oxygen atoms in total. The molecule has 60 valence electrons. The summed E-state index contributed by atoms with van der Waals surface area (Å²) in [6.45, 7) is 0. The lowest BCUT2D eigenvalue weighted by molar-refractivity contribution is -0.579. The van der Waals surface area contributed by atoms with Crippen LogP contribution in [0.3, 0.4) is 0 Å². The van der Waals surface area contributed by atoms with E-state index in [1.807, 2.05) is 0 Å². The van der Waals surface area contributed by atoms with E-state index in [4.69, 9.17) is 0 Å². The van der Waals surface area contributed by atoms with Crippen molar-refractivity contribution in [1.29, 1.82) is 0 Å². The molecule has 0 saturated carbocycles. The summed E-state index contributed by atoms with van der Waals surface area (Å²) in [5.41, 5.74) is 0.234. The van der Waals surface area contributed by atoms with Crippen LogP contribution in [0.2, 0.25) is 0 Å². The summed E-state index contributed by atoms with van der Waals surface area (Å²) in [6, 6.07) is 4.66. The first kappa shape index (κ1) is 6.84. The quantitative estimate of drug-likeness (QED) is 0.455. The highest BCUT2D eigenvalue weighted by molar-refractivity contribution is 5.78. The summed E-state index contributed by atoms with van der Waals surface area (Å²) in [4.78, 5) is 3.83. The number of hydrogen-bond donors (Lipinski definition) is 1. The lowest BCUT2D eigenvalue weighted by atomic mass is 10.3. The average Bonchev–Trinajstić information content (AvgIpc) is 2.12. The Bertz CT molecular complexity index is 388. The largest absolute Gasteiger partial charge is 0.710 e. The number of aromatic nitrogens is 2. The van der Waals surface area contributed by atoms with Crippen LogP contribution < -0.4 is 4.73 Å². The van der Waals surface area contributed by atoms with Crippen LogP contribution in [-0.2, 0) is 0 Å². The summed E-state index contributed by atoms with van der Waals surface area (Å²) in [5, 5.41) is 20.8. The third-order valence-electron chi connectivity index (χ3n) is 1.64. The zero-order chi connectivity index (χ0) is 8.55. The van der Waals surface area contributed by atoms with Crippen LogP contribution in [0.25, 0.3) is 11.0 Å². The Morgan fingerprint density at radius 1 is 1.42 bits per heavy atom. The van der Waals surface area contributed by atoms with E-state index in [0.717, 1.165) is 0 Å². The molecule has 0 aliphatic heterocycles. The minimum atomic E-state index is 0.0743. The molecule has 4 heteroatoms. The highest BCUT2D eigenvalue weighted by Gasteiger charge is 2.06. The molecule has 0 aliphatic rings. The molecule has 0 aromatic carbocycles. The number of hydrogen-bond acceptors (Lipinski definition) is 3. The van der Waals surface area contributed by atoms with E-state index < -0.39 is 0 Å². The molecule has 12 heavy (non-hydrogen) atoms. The Morgan fingerprint density at radius 2 is 2.25 bits per heavy atom. The van der Waals surface area contributed by atoms with Gasteiger partial charge >= 0.3 is 5.65 Å². The van der Waals surface area contributed by atoms with E-state index in [9.17, 15) is 10.3 Å². The van der Waals surface area contributed by atoms with E-state index in [1.165, 1.54) is 18.5 Å². The van der Waals surface area contributed by atoms with Crippen molar-refractivity contribution in [2.24, 2.45) is 0 Å². The van der Waals surface area contributed by atoms with Gasteiger partial charge < -0.3 is 10.3 Å². The molecule has 2 rings (SSSR count). The van der Waals surface area contributed by atoms with Crippen LogP contribution in [0.1, 0.15) is 0 Å². The van der Waals surface area contributed by atoms with Crippen molar-refractivity contribution in [3.63, 3.8) is 0 Å². The molecule has 0 saturated heterocycles. The molecular formula is C8H6N2O2. The van der Waals surface area contributed by atoms with Crippen LogP contribution in [-0.4, -0.2) is 10.1 Å². The van der Waals surface area contributed by atoms with Crippen molar-refractivity contribution < 1.29 is 9.84 Å². The van der Waals surface area contributed by atoms with Gasteiger partial charge in [-0.3, -0.25) is 0 Å². The van der Waals surface area contributed by atoms with E-state index in [0.29, 0.717) is 10.1 Å². The number of fused-ring (bicyclic) bond motifs is 1. The van der Waals surface area contributed by atoms with Crippen molar-refractivity contribution >= 4 is 11.0 Å². The highest BCUT2D eigenvalue weighted by atomic mass is 16.5. The van der Waals surface area contributed by atoms with Gasteiger partial charge in [-0.15, -0.1) is 0 Å². The fraction of sp³-hybridized carbons (Fsp3) is 0. The van der Waals surface area contributed by atoms with Crippen LogP contribution in [0.5, 0.6) is 5.75 Å². The molecule has 2 heterocycles. The maximum absolute atomic E-state index is 11.1. The van der Waals surface area contributed by atoms with Gasteiger partial charge in [-0.05, 0) is 17.1 Å². The van der Waals surface area contributed by atoms with E-state index >= 15 is 0 Å². The van der Waals surface area contributed by atoms with E-state index in [2.05, 4.69) is 4.98 Å². The predicted molar refractivity (Wildman–Crippen MR) is 42.4 cm³/mol. The third-order valence-corrected chi connectivity index (χ3v) is 1.64. The average molecular weight is 162 g/mol. The molecule has 0 spiro atoms. The Morgan fingerprint density at radius 3 is 3.00 bits per heavy atom. The maximum atomic E-state index is 11.1. The second-order valence-corrected chi connectivity index (χ2v) is 2.40. The third kappa shape index (κ3) is 0.852. The van der Waals surface area contributed by atoms with Gasteiger partial charge in [0.2, 0.25) is 0 Å². The van der Waals surface area contributed by atoms with Gasteiger partial charge in [0.15, 0.2) is 0 Å². The van der Waals surface area contributed by atoms with Crippen molar-refractivity contribution in [2.45, 2.75) is 0 Å². The molecule has 0 fully saturated rings. The molecule has 0 unspecified atom stereocenters. The Labute approximate surface area is 68.3 Å². The molecule has 0 amide bonds. The molecule has 0 aliphatic carbocycles. The normalized spacial score (nSPS) is 10.3. The summed E-state index contributed by atoms with van der Waals surface area (Å²) >= 11 is 0. The summed E-state index contributed by atoms with van der Waals surface area (Å²) in [6.07, 6.45) is 2.74. The summed E-state index contributed by atoms with van der Waals surface area (Å²) < 4.78 is 0.620. The molecule has 2 aromatic rings. The molecule has 0 radical (unpaired) electrons. The standard InChI is InChI=1S/C8H6N2O2/c11-7-3-5-10(12)8-6(7)2-1-4-9-8/h1-5,11H. The monoisotopic (exact) mass is 162 g/mol. The number of rotatable bonds is 0. The van der Waals surface area contributed by atoms with Crippen LogP contribution in [0.15, 0.2) is 30.6 Å². The highest BCUT2D eigenvalue weighted by Crippen LogP contribution is 2.18. The van der Waals surface area contributed by atoms with Crippen molar-refractivity contribution in [2.75, 3.05) is 0 Å². The topological polar surface area (TPSA) is 60.1 Å². The van der Waals surface area contributed by atoms with Gasteiger partial charge in [0.05, 0.1) is 6.20 Å². The van der Waals surface area contributed by atoms with Crippen molar-refractivity contribution in [3.05, 3.63) is 35.8 Å². The second kappa shape index (κ2) is 2.34. The van der Waals surface area contributed by atoms with Gasteiger partial charge in [-0.2, -0.15) is 0 Å². The molecule has 1 N–H and O–H groups in total. The van der Waals surface area contributed by atoms with Crippen LogP contribution in [0, 0.1) is 5.21 Å². The zero-order valence-corrected chi connectivity index (χ0v) is 6.14. The second-order valence-electron chi connectivity index (χ2n) is 2.40. The summed E-state index contributed by atoms with van der Waals surface area (Å²) in [7, 11) is 0. The predicted octanol–water partition coefficient (Wildman–Crippen LogP) is 0.574. The fourth-order valence-corrected chi connectivity index (χ4v) is 1.07. The minimum Gasteiger partial charge on any atom is -0.710 e. The maximum Gasteiger partial charge on any atom is 0.336 e. The van der Waals surface area contributed by atoms with Gasteiger partial charge in [-0.1, -0.05) is 0 Å². The number of aromatic hydroxyl groups is 1. The van der Waals surface area contributed by atoms with Gasteiger partial charge in [0, 0.05) is 6.07 Å². The van der Waals surface area contributed by atoms with Crippen LogP contribution in [0.4, 0.5) is 0 Å². The number of pyridine rings is 2. The minimum absolute atomic E-state index is 0.0743. The smallest absolute Gasteiger partial charge is 0.336 e. The fourth-order valence-electron chi connectivity index (χ4n) is 1.07. The first-order valence-corrected chi connectivity index (χ1v) is 3.45. The molecule has 0 atom stereocenters. The van der Waals surface area contributed by atoms with Crippen molar-refractivity contribution in [3.8, 4) is 5.75 Å². The first-order valence-electron chi connectivity index (χ1n) is 3.45. The number of nitrogens with zero attached hydrogens (tertiary/aromatic N) is 2. The lowest BCUT2D eigenvalue weighted by Crippen LogP contribution is -2.26. The lowest BCUT2D eigenvalue weighted by Gasteiger charge is -2.02. The van der Waals surface area contributed by atoms with Gasteiger partial charge in [-0.25, -0.2) is 4.73 Å². The molecule has 0 bridgehead atoms.